The normalized spacial score (nSPS) is 10.9. The lowest BCUT2D eigenvalue weighted by Crippen LogP contribution is -2.27. The molecule has 0 atom stereocenters. The largest absolute Gasteiger partial charge is 0.352 e. The number of aryl methyl sites for hydroxylation is 1. The molecule has 0 aliphatic rings. The molecule has 0 saturated heterocycles. The first-order chi connectivity index (χ1) is 14.1. The van der Waals surface area contributed by atoms with Crippen molar-refractivity contribution in [3.8, 4) is 11.3 Å². The van der Waals surface area contributed by atoms with Crippen molar-refractivity contribution in [3.63, 3.8) is 0 Å². The summed E-state index contributed by atoms with van der Waals surface area (Å²) in [6.45, 7) is 0.567. The van der Waals surface area contributed by atoms with Crippen molar-refractivity contribution >= 4 is 17.0 Å². The zero-order valence-electron chi connectivity index (χ0n) is 15.3. The number of rotatable bonds is 6. The molecule has 0 bridgehead atoms. The number of hydrogen-bond donors (Lipinski definition) is 1. The van der Waals surface area contributed by atoms with Gasteiger partial charge in [0, 0.05) is 25.1 Å². The summed E-state index contributed by atoms with van der Waals surface area (Å²) in [5.74, 6) is -0.630. The van der Waals surface area contributed by atoms with E-state index in [4.69, 9.17) is 4.52 Å². The van der Waals surface area contributed by atoms with Crippen LogP contribution >= 0.6 is 0 Å². The van der Waals surface area contributed by atoms with Crippen LogP contribution in [0.4, 0.5) is 4.39 Å². The quantitative estimate of drug-likeness (QED) is 0.545. The van der Waals surface area contributed by atoms with Crippen molar-refractivity contribution in [2.45, 2.75) is 19.5 Å². The Morgan fingerprint density at radius 3 is 2.76 bits per heavy atom. The van der Waals surface area contributed by atoms with Gasteiger partial charge in [-0.3, -0.25) is 14.2 Å². The molecule has 2 aromatic heterocycles. The number of halogens is 1. The average Bonchev–Trinajstić information content (AvgIpc) is 3.17. The first-order valence-corrected chi connectivity index (χ1v) is 9.03. The van der Waals surface area contributed by atoms with Gasteiger partial charge in [-0.15, -0.1) is 0 Å². The van der Waals surface area contributed by atoms with Crippen molar-refractivity contribution in [2.24, 2.45) is 0 Å². The molecule has 4 aromatic rings. The maximum absolute atomic E-state index is 13.5. The zero-order chi connectivity index (χ0) is 20.2. The van der Waals surface area contributed by atoms with E-state index in [0.717, 1.165) is 5.56 Å². The van der Waals surface area contributed by atoms with Crippen LogP contribution in [-0.4, -0.2) is 20.6 Å². The molecule has 0 saturated carbocycles. The van der Waals surface area contributed by atoms with E-state index in [1.54, 1.807) is 6.07 Å². The van der Waals surface area contributed by atoms with E-state index >= 15 is 0 Å². The van der Waals surface area contributed by atoms with Gasteiger partial charge >= 0.3 is 0 Å². The number of aromatic nitrogens is 3. The molecule has 0 aliphatic carbocycles. The molecule has 29 heavy (non-hydrogen) atoms. The summed E-state index contributed by atoms with van der Waals surface area (Å²) < 4.78 is 20.0. The lowest BCUT2D eigenvalue weighted by molar-refractivity contribution is -0.121. The lowest BCUT2D eigenvalue weighted by atomic mass is 10.1. The van der Waals surface area contributed by atoms with Crippen molar-refractivity contribution < 1.29 is 13.7 Å². The fraction of sp³-hybridized carbons (Fsp3) is 0.143. The number of benzene rings is 2. The maximum Gasteiger partial charge on any atom is 0.266 e. The fourth-order valence-electron chi connectivity index (χ4n) is 2.98. The molecule has 4 rings (SSSR count). The van der Waals surface area contributed by atoms with Gasteiger partial charge in [0.05, 0.1) is 0 Å². The topological polar surface area (TPSA) is 90.0 Å². The first kappa shape index (κ1) is 18.5. The third-order valence-electron chi connectivity index (χ3n) is 4.47. The third kappa shape index (κ3) is 4.06. The van der Waals surface area contributed by atoms with Gasteiger partial charge in [0.25, 0.3) is 11.3 Å². The molecule has 2 aromatic carbocycles. The molecule has 8 heteroatoms. The van der Waals surface area contributed by atoms with Gasteiger partial charge in [0.2, 0.25) is 5.91 Å². The van der Waals surface area contributed by atoms with Gasteiger partial charge in [0.15, 0.2) is 0 Å². The molecular formula is C21H17FN4O3. The lowest BCUT2D eigenvalue weighted by Gasteiger charge is -2.07. The second-order valence-corrected chi connectivity index (χ2v) is 6.48. The van der Waals surface area contributed by atoms with Crippen LogP contribution in [0.25, 0.3) is 22.4 Å². The number of carbonyl (C=O) groups excluding carboxylic acids is 1. The predicted molar refractivity (Wildman–Crippen MR) is 104 cm³/mol. The molecule has 0 aliphatic heterocycles. The smallest absolute Gasteiger partial charge is 0.266 e. The first-order valence-electron chi connectivity index (χ1n) is 9.03. The van der Waals surface area contributed by atoms with Crippen molar-refractivity contribution in [3.05, 3.63) is 82.7 Å². The minimum Gasteiger partial charge on any atom is -0.352 e. The summed E-state index contributed by atoms with van der Waals surface area (Å²) in [6.07, 6.45) is 1.43. The zero-order valence-corrected chi connectivity index (χ0v) is 15.3. The van der Waals surface area contributed by atoms with Gasteiger partial charge in [0.1, 0.15) is 23.2 Å². The van der Waals surface area contributed by atoms with E-state index in [1.165, 1.54) is 29.1 Å². The van der Waals surface area contributed by atoms with Crippen LogP contribution in [0.5, 0.6) is 0 Å². The summed E-state index contributed by atoms with van der Waals surface area (Å²) in [6, 6.07) is 15.3. The summed E-state index contributed by atoms with van der Waals surface area (Å²) >= 11 is 0. The van der Waals surface area contributed by atoms with Crippen LogP contribution in [0.1, 0.15) is 12.0 Å². The van der Waals surface area contributed by atoms with E-state index in [0.29, 0.717) is 12.1 Å². The van der Waals surface area contributed by atoms with Gasteiger partial charge in [-0.2, -0.15) is 0 Å². The van der Waals surface area contributed by atoms with Crippen LogP contribution < -0.4 is 10.9 Å². The van der Waals surface area contributed by atoms with Gasteiger partial charge < -0.3 is 9.84 Å². The molecule has 0 unspecified atom stereocenters. The van der Waals surface area contributed by atoms with Crippen molar-refractivity contribution in [2.75, 3.05) is 0 Å². The van der Waals surface area contributed by atoms with E-state index in [1.807, 2.05) is 30.3 Å². The molecule has 7 nitrogen and oxygen atoms in total. The van der Waals surface area contributed by atoms with E-state index in [2.05, 4.69) is 15.5 Å². The average molecular weight is 392 g/mol. The van der Waals surface area contributed by atoms with E-state index < -0.39 is 11.4 Å². The molecule has 1 amide bonds. The molecule has 0 fully saturated rings. The van der Waals surface area contributed by atoms with Crippen LogP contribution in [0.2, 0.25) is 0 Å². The van der Waals surface area contributed by atoms with Gasteiger partial charge in [-0.1, -0.05) is 47.6 Å². The Hall–Kier alpha value is -3.81. The Balaban J connectivity index is 1.51. The number of nitrogens with one attached hydrogen (secondary N) is 1. The number of nitrogens with zero attached hydrogens (tertiary/aromatic N) is 3. The predicted octanol–water partition coefficient (Wildman–Crippen LogP) is 2.90. The summed E-state index contributed by atoms with van der Waals surface area (Å²) in [5, 5.41) is 6.84. The van der Waals surface area contributed by atoms with Crippen LogP contribution in [-0.2, 0) is 17.9 Å². The molecule has 1 N–H and O–H groups in total. The third-order valence-corrected chi connectivity index (χ3v) is 4.47. The maximum atomic E-state index is 13.5. The summed E-state index contributed by atoms with van der Waals surface area (Å²) in [4.78, 5) is 29.1. The number of hydrogen-bond acceptors (Lipinski definition) is 5. The van der Waals surface area contributed by atoms with Gasteiger partial charge in [-0.05, 0) is 17.7 Å². The minimum atomic E-state index is -0.446. The Labute approximate surface area is 164 Å². The standard InChI is InChI=1S/C21H17FN4O3/c22-16-8-4-7-15(11-16)19-18-20(29-25-19)24-13-26(21(18)28)10-9-17(27)23-12-14-5-2-1-3-6-14/h1-8,11,13H,9-10,12H2,(H,23,27). The highest BCUT2D eigenvalue weighted by molar-refractivity contribution is 5.88. The van der Waals surface area contributed by atoms with Crippen LogP contribution in [0, 0.1) is 5.82 Å². The minimum absolute atomic E-state index is 0.0686. The molecule has 0 radical (unpaired) electrons. The highest BCUT2D eigenvalue weighted by atomic mass is 19.1. The summed E-state index contributed by atoms with van der Waals surface area (Å²) in [7, 11) is 0. The Morgan fingerprint density at radius 2 is 1.97 bits per heavy atom. The van der Waals surface area contributed by atoms with E-state index in [9.17, 15) is 14.0 Å². The Bertz CT molecular complexity index is 1220. The van der Waals surface area contributed by atoms with Gasteiger partial charge in [-0.25, -0.2) is 9.37 Å². The SMILES string of the molecule is O=C(CCn1cnc2onc(-c3cccc(F)c3)c2c1=O)NCc1ccccc1. The second-order valence-electron chi connectivity index (χ2n) is 6.48. The number of amides is 1. The molecule has 146 valence electrons. The highest BCUT2D eigenvalue weighted by Crippen LogP contribution is 2.24. The number of fused-ring (bicyclic) bond motifs is 1. The Kier molecular flexibility index (Phi) is 5.15. The monoisotopic (exact) mass is 392 g/mol. The molecule has 0 spiro atoms. The second kappa shape index (κ2) is 8.05. The molecule has 2 heterocycles. The van der Waals surface area contributed by atoms with Crippen LogP contribution in [0.15, 0.2) is 70.2 Å². The van der Waals surface area contributed by atoms with Crippen molar-refractivity contribution in [1.29, 1.82) is 0 Å². The van der Waals surface area contributed by atoms with Crippen LogP contribution in [0.3, 0.4) is 0 Å². The van der Waals surface area contributed by atoms with Crippen molar-refractivity contribution in [1.82, 2.24) is 20.0 Å². The highest BCUT2D eigenvalue weighted by Gasteiger charge is 2.17. The number of carbonyl (C=O) groups is 1. The fourth-order valence-corrected chi connectivity index (χ4v) is 2.98. The summed E-state index contributed by atoms with van der Waals surface area (Å²) in [5.41, 5.74) is 1.30. The van der Waals surface area contributed by atoms with E-state index in [-0.39, 0.29) is 35.7 Å². The molecular weight excluding hydrogens is 375 g/mol. The Morgan fingerprint density at radius 1 is 1.14 bits per heavy atom.